The number of benzene rings is 3. The summed E-state index contributed by atoms with van der Waals surface area (Å²) in [5.41, 5.74) is 0.523. The van der Waals surface area contributed by atoms with Crippen molar-refractivity contribution in [2.75, 3.05) is 19.0 Å². The minimum absolute atomic E-state index is 0.242. The number of rotatable bonds is 5. The Kier molecular flexibility index (Phi) is 4.95. The Balaban J connectivity index is 1.68. The van der Waals surface area contributed by atoms with Gasteiger partial charge in [-0.1, -0.05) is 30.3 Å². The van der Waals surface area contributed by atoms with Gasteiger partial charge in [-0.3, -0.25) is 4.79 Å². The van der Waals surface area contributed by atoms with Gasteiger partial charge >= 0.3 is 6.03 Å². The molecule has 4 rings (SSSR count). The van der Waals surface area contributed by atoms with Crippen LogP contribution >= 0.6 is 0 Å². The highest BCUT2D eigenvalue weighted by Crippen LogP contribution is 2.35. The molecule has 0 bridgehead atoms. The van der Waals surface area contributed by atoms with Crippen LogP contribution in [-0.2, 0) is 11.3 Å². The lowest BCUT2D eigenvalue weighted by Gasteiger charge is -2.22. The van der Waals surface area contributed by atoms with Gasteiger partial charge < -0.3 is 15.0 Å². The van der Waals surface area contributed by atoms with Crippen LogP contribution in [0, 0.1) is 0 Å². The van der Waals surface area contributed by atoms with Crippen LogP contribution in [0.1, 0.15) is 19.4 Å². The summed E-state index contributed by atoms with van der Waals surface area (Å²) in [5, 5.41) is 5.37. The topological polar surface area (TPSA) is 61.9 Å². The van der Waals surface area contributed by atoms with Gasteiger partial charge in [0.15, 0.2) is 0 Å². The van der Waals surface area contributed by atoms with E-state index in [-0.39, 0.29) is 11.9 Å². The first-order valence-corrected chi connectivity index (χ1v) is 9.89. The maximum atomic E-state index is 12.8. The van der Waals surface area contributed by atoms with E-state index in [0.29, 0.717) is 18.0 Å². The molecule has 1 N–H and O–H groups in total. The number of nitrogens with one attached hydrogen (secondary N) is 1. The zero-order valence-corrected chi connectivity index (χ0v) is 17.6. The van der Waals surface area contributed by atoms with Crippen molar-refractivity contribution in [3.63, 3.8) is 0 Å². The van der Waals surface area contributed by atoms with Gasteiger partial charge in [-0.05, 0) is 62.0 Å². The van der Waals surface area contributed by atoms with Crippen molar-refractivity contribution in [2.24, 2.45) is 0 Å². The first-order valence-electron chi connectivity index (χ1n) is 9.89. The smallest absolute Gasteiger partial charge is 0.332 e. The highest BCUT2D eigenvalue weighted by atomic mass is 16.5. The number of amides is 3. The molecule has 30 heavy (non-hydrogen) atoms. The maximum absolute atomic E-state index is 12.8. The van der Waals surface area contributed by atoms with Crippen LogP contribution in [0.15, 0.2) is 60.7 Å². The van der Waals surface area contributed by atoms with Gasteiger partial charge in [0.25, 0.3) is 5.91 Å². The maximum Gasteiger partial charge on any atom is 0.332 e. The first kappa shape index (κ1) is 19.9. The molecule has 0 radical (unpaired) electrons. The molecule has 0 spiro atoms. The molecular formula is C24H25N3O3. The largest absolute Gasteiger partial charge is 0.457 e. The zero-order chi connectivity index (χ0) is 21.5. The fourth-order valence-electron chi connectivity index (χ4n) is 3.61. The molecule has 1 heterocycles. The second-order valence-electron chi connectivity index (χ2n) is 7.97. The summed E-state index contributed by atoms with van der Waals surface area (Å²) >= 11 is 0. The van der Waals surface area contributed by atoms with Crippen LogP contribution in [0.25, 0.3) is 10.8 Å². The number of nitrogens with zero attached hydrogens (tertiary/aromatic N) is 2. The van der Waals surface area contributed by atoms with Crippen LogP contribution in [-0.4, -0.2) is 36.5 Å². The third kappa shape index (κ3) is 3.29. The summed E-state index contributed by atoms with van der Waals surface area (Å²) in [6.45, 7) is 4.03. The lowest BCUT2D eigenvalue weighted by atomic mass is 10.0. The Bertz CT molecular complexity index is 1140. The molecule has 0 aliphatic carbocycles. The Morgan fingerprint density at radius 1 is 0.967 bits per heavy atom. The Labute approximate surface area is 176 Å². The number of imide groups is 1. The highest BCUT2D eigenvalue weighted by Gasteiger charge is 2.50. The Morgan fingerprint density at radius 3 is 2.37 bits per heavy atom. The van der Waals surface area contributed by atoms with Gasteiger partial charge in [0.2, 0.25) is 0 Å². The summed E-state index contributed by atoms with van der Waals surface area (Å²) in [7, 11) is 3.49. The van der Waals surface area contributed by atoms with Gasteiger partial charge in [-0.25, -0.2) is 9.69 Å². The van der Waals surface area contributed by atoms with E-state index in [1.54, 1.807) is 27.0 Å². The highest BCUT2D eigenvalue weighted by molar-refractivity contribution is 6.22. The summed E-state index contributed by atoms with van der Waals surface area (Å²) < 4.78 is 6.16. The molecule has 3 aromatic rings. The number of anilines is 1. The number of fused-ring (bicyclic) bond motifs is 1. The number of urea groups is 1. The lowest BCUT2D eigenvalue weighted by Crippen LogP contribution is -2.41. The summed E-state index contributed by atoms with van der Waals surface area (Å²) in [4.78, 5) is 28.2. The number of carbonyl (C=O) groups is 2. The molecule has 1 aliphatic rings. The van der Waals surface area contributed by atoms with Gasteiger partial charge in [0.05, 0.1) is 5.69 Å². The molecule has 0 atom stereocenters. The summed E-state index contributed by atoms with van der Waals surface area (Å²) in [6.07, 6.45) is 0. The standard InChI is InChI=1S/C24H25N3O3/c1-24(2)22(28)27(23(29)26(24)4)19-10-12-21(18(13-19)15-25-3)30-20-11-9-16-7-5-6-8-17(16)14-20/h5-14,25H,15H2,1-4H3. The molecule has 0 saturated carbocycles. The molecule has 0 unspecified atom stereocenters. The van der Waals surface area contributed by atoms with Crippen molar-refractivity contribution < 1.29 is 14.3 Å². The molecular weight excluding hydrogens is 378 g/mol. The molecule has 6 nitrogen and oxygen atoms in total. The van der Waals surface area contributed by atoms with Crippen molar-refractivity contribution in [1.29, 1.82) is 0 Å². The zero-order valence-electron chi connectivity index (χ0n) is 17.6. The first-order chi connectivity index (χ1) is 14.3. The van der Waals surface area contributed by atoms with E-state index in [4.69, 9.17) is 4.74 Å². The predicted molar refractivity (Wildman–Crippen MR) is 118 cm³/mol. The van der Waals surface area contributed by atoms with E-state index in [1.165, 1.54) is 9.80 Å². The van der Waals surface area contributed by atoms with Crippen LogP contribution < -0.4 is 15.0 Å². The SMILES string of the molecule is CNCc1cc(N2C(=O)N(C)C(C)(C)C2=O)ccc1Oc1ccc2ccccc2c1. The van der Waals surface area contributed by atoms with E-state index >= 15 is 0 Å². The third-order valence-corrected chi connectivity index (χ3v) is 5.66. The summed E-state index contributed by atoms with van der Waals surface area (Å²) in [5.74, 6) is 1.16. The van der Waals surface area contributed by atoms with Crippen LogP contribution in [0.5, 0.6) is 11.5 Å². The average Bonchev–Trinajstić information content (AvgIpc) is 2.89. The van der Waals surface area contributed by atoms with Crippen molar-refractivity contribution in [1.82, 2.24) is 10.2 Å². The minimum atomic E-state index is -0.874. The van der Waals surface area contributed by atoms with Crippen LogP contribution in [0.2, 0.25) is 0 Å². The average molecular weight is 403 g/mol. The molecule has 154 valence electrons. The van der Waals surface area contributed by atoms with E-state index in [9.17, 15) is 9.59 Å². The lowest BCUT2D eigenvalue weighted by molar-refractivity contribution is -0.123. The number of carbonyl (C=O) groups excluding carboxylic acids is 2. The number of likely N-dealkylation sites (N-methyl/N-ethyl adjacent to an activating group) is 1. The molecule has 3 amide bonds. The predicted octanol–water partition coefficient (Wildman–Crippen LogP) is 4.53. The second kappa shape index (κ2) is 7.46. The molecule has 1 saturated heterocycles. The molecule has 3 aromatic carbocycles. The number of hydrogen-bond donors (Lipinski definition) is 1. The monoisotopic (exact) mass is 403 g/mol. The minimum Gasteiger partial charge on any atom is -0.457 e. The number of hydrogen-bond acceptors (Lipinski definition) is 4. The summed E-state index contributed by atoms with van der Waals surface area (Å²) in [6, 6.07) is 19.1. The fourth-order valence-corrected chi connectivity index (χ4v) is 3.61. The van der Waals surface area contributed by atoms with Crippen LogP contribution in [0.4, 0.5) is 10.5 Å². The second-order valence-corrected chi connectivity index (χ2v) is 7.97. The van der Waals surface area contributed by atoms with E-state index in [2.05, 4.69) is 11.4 Å². The Morgan fingerprint density at radius 2 is 1.70 bits per heavy atom. The van der Waals surface area contributed by atoms with E-state index in [1.807, 2.05) is 55.6 Å². The Hall–Kier alpha value is -3.38. The quantitative estimate of drug-likeness (QED) is 0.636. The van der Waals surface area contributed by atoms with Crippen molar-refractivity contribution in [3.05, 3.63) is 66.2 Å². The third-order valence-electron chi connectivity index (χ3n) is 5.66. The van der Waals surface area contributed by atoms with Crippen molar-refractivity contribution in [2.45, 2.75) is 25.9 Å². The van der Waals surface area contributed by atoms with Gasteiger partial charge in [-0.2, -0.15) is 0 Å². The number of ether oxygens (including phenoxy) is 1. The van der Waals surface area contributed by atoms with Gasteiger partial charge in [0, 0.05) is 19.2 Å². The molecule has 1 aliphatic heterocycles. The molecule has 0 aromatic heterocycles. The molecule has 1 fully saturated rings. The molecule has 6 heteroatoms. The normalized spacial score (nSPS) is 15.9. The van der Waals surface area contributed by atoms with Crippen molar-refractivity contribution in [3.8, 4) is 11.5 Å². The van der Waals surface area contributed by atoms with Gasteiger partial charge in [-0.15, -0.1) is 0 Å². The fraction of sp³-hybridized carbons (Fsp3) is 0.250. The van der Waals surface area contributed by atoms with Crippen LogP contribution in [0.3, 0.4) is 0 Å². The van der Waals surface area contributed by atoms with Crippen molar-refractivity contribution >= 4 is 28.4 Å². The van der Waals surface area contributed by atoms with E-state index < -0.39 is 5.54 Å². The van der Waals surface area contributed by atoms with Gasteiger partial charge in [0.1, 0.15) is 17.0 Å². The van der Waals surface area contributed by atoms with E-state index in [0.717, 1.165) is 22.1 Å².